The van der Waals surface area contributed by atoms with E-state index in [1.165, 1.54) is 25.9 Å². The van der Waals surface area contributed by atoms with Gasteiger partial charge in [0.05, 0.1) is 19.8 Å². The topological polar surface area (TPSA) is 60.4 Å². The fourth-order valence-electron chi connectivity index (χ4n) is 4.81. The number of hydrogen-bond donors (Lipinski definition) is 1. The van der Waals surface area contributed by atoms with Crippen LogP contribution in [0.3, 0.4) is 0 Å². The van der Waals surface area contributed by atoms with Crippen molar-refractivity contribution in [3.8, 4) is 0 Å². The van der Waals surface area contributed by atoms with Crippen molar-refractivity contribution in [2.75, 3.05) is 65.6 Å². The predicted octanol–water partition coefficient (Wildman–Crippen LogP) is 2.26. The number of nitrogens with zero attached hydrogens (tertiary/aromatic N) is 4. The van der Waals surface area contributed by atoms with Crippen LogP contribution in [-0.2, 0) is 9.53 Å². The molecule has 7 nitrogen and oxygen atoms in total. The van der Waals surface area contributed by atoms with Gasteiger partial charge in [-0.05, 0) is 45.1 Å². The van der Waals surface area contributed by atoms with Gasteiger partial charge in [-0.1, -0.05) is 13.8 Å². The van der Waals surface area contributed by atoms with E-state index in [1.54, 1.807) is 0 Å². The minimum Gasteiger partial charge on any atom is -0.378 e. The number of likely N-dealkylation sites (tertiary alicyclic amines) is 2. The number of guanidine groups is 1. The van der Waals surface area contributed by atoms with Crippen molar-refractivity contribution in [2.24, 2.45) is 16.8 Å². The van der Waals surface area contributed by atoms with Gasteiger partial charge in [0.25, 0.3) is 0 Å². The van der Waals surface area contributed by atoms with Gasteiger partial charge in [-0.25, -0.2) is 0 Å². The summed E-state index contributed by atoms with van der Waals surface area (Å²) in [6.07, 6.45) is 4.39. The Morgan fingerprint density at radius 2 is 1.77 bits per heavy atom. The molecule has 3 saturated heterocycles. The molecule has 30 heavy (non-hydrogen) atoms. The summed E-state index contributed by atoms with van der Waals surface area (Å²) in [6, 6.07) is 0.575. The molecular formula is C22H42IN5O2. The lowest BCUT2D eigenvalue weighted by Gasteiger charge is -2.37. The van der Waals surface area contributed by atoms with Crippen molar-refractivity contribution in [3.05, 3.63) is 0 Å². The van der Waals surface area contributed by atoms with Crippen LogP contribution in [0, 0.1) is 11.8 Å². The number of hydrogen-bond acceptors (Lipinski definition) is 4. The Labute approximate surface area is 200 Å². The van der Waals surface area contributed by atoms with Gasteiger partial charge in [-0.2, -0.15) is 0 Å². The number of amides is 1. The number of morpholine rings is 1. The molecule has 0 saturated carbocycles. The summed E-state index contributed by atoms with van der Waals surface area (Å²) in [5.41, 5.74) is 0. The highest BCUT2D eigenvalue weighted by molar-refractivity contribution is 14.0. The van der Waals surface area contributed by atoms with Crippen LogP contribution in [-0.4, -0.2) is 98.2 Å². The van der Waals surface area contributed by atoms with Crippen molar-refractivity contribution in [1.82, 2.24) is 20.0 Å². The first-order valence-corrected chi connectivity index (χ1v) is 11.7. The molecule has 3 heterocycles. The molecule has 3 aliphatic rings. The summed E-state index contributed by atoms with van der Waals surface area (Å²) in [4.78, 5) is 24.8. The first-order valence-electron chi connectivity index (χ1n) is 11.7. The number of carbonyl (C=O) groups is 1. The van der Waals surface area contributed by atoms with Gasteiger partial charge in [0, 0.05) is 51.2 Å². The Kier molecular flexibility index (Phi) is 11.2. The average Bonchev–Trinajstić information content (AvgIpc) is 3.17. The molecule has 0 radical (unpaired) electrons. The summed E-state index contributed by atoms with van der Waals surface area (Å²) in [5, 5.41) is 3.48. The highest BCUT2D eigenvalue weighted by Crippen LogP contribution is 2.22. The molecule has 0 aromatic rings. The third kappa shape index (κ3) is 7.22. The van der Waals surface area contributed by atoms with Gasteiger partial charge < -0.3 is 19.9 Å². The molecule has 174 valence electrons. The molecule has 0 bridgehead atoms. The van der Waals surface area contributed by atoms with Crippen LogP contribution < -0.4 is 5.32 Å². The summed E-state index contributed by atoms with van der Waals surface area (Å²) < 4.78 is 5.38. The van der Waals surface area contributed by atoms with Crippen LogP contribution in [0.1, 0.15) is 46.5 Å². The first-order chi connectivity index (χ1) is 14.1. The minimum atomic E-state index is 0. The zero-order chi connectivity index (χ0) is 20.6. The number of carbonyl (C=O) groups excluding carboxylic acids is 1. The zero-order valence-electron chi connectivity index (χ0n) is 19.1. The van der Waals surface area contributed by atoms with Crippen molar-refractivity contribution in [1.29, 1.82) is 0 Å². The second-order valence-electron chi connectivity index (χ2n) is 9.08. The Morgan fingerprint density at radius 3 is 2.40 bits per heavy atom. The van der Waals surface area contributed by atoms with Crippen molar-refractivity contribution in [2.45, 2.75) is 52.5 Å². The number of ether oxygens (including phenoxy) is 1. The van der Waals surface area contributed by atoms with E-state index in [2.05, 4.69) is 35.9 Å². The predicted molar refractivity (Wildman–Crippen MR) is 133 cm³/mol. The quantitative estimate of drug-likeness (QED) is 0.321. The highest BCUT2D eigenvalue weighted by Gasteiger charge is 2.31. The monoisotopic (exact) mass is 535 g/mol. The molecule has 8 heteroatoms. The molecule has 3 aliphatic heterocycles. The van der Waals surface area contributed by atoms with Gasteiger partial charge in [-0.3, -0.25) is 14.7 Å². The van der Waals surface area contributed by atoms with Crippen LogP contribution in [0.2, 0.25) is 0 Å². The highest BCUT2D eigenvalue weighted by atomic mass is 127. The third-order valence-electron chi connectivity index (χ3n) is 6.35. The molecule has 1 atom stereocenters. The molecule has 0 spiro atoms. The van der Waals surface area contributed by atoms with E-state index in [0.29, 0.717) is 31.1 Å². The maximum absolute atomic E-state index is 12.8. The van der Waals surface area contributed by atoms with Crippen molar-refractivity contribution in [3.63, 3.8) is 0 Å². The number of rotatable bonds is 6. The summed E-state index contributed by atoms with van der Waals surface area (Å²) in [5.74, 6) is 2.21. The number of nitrogens with one attached hydrogen (secondary N) is 1. The summed E-state index contributed by atoms with van der Waals surface area (Å²) >= 11 is 0. The maximum atomic E-state index is 12.8. The fraction of sp³-hybridized carbons (Fsp3) is 0.909. The Hall–Kier alpha value is -0.610. The molecule has 1 amide bonds. The second-order valence-corrected chi connectivity index (χ2v) is 9.08. The van der Waals surface area contributed by atoms with Gasteiger partial charge in [0.1, 0.15) is 0 Å². The maximum Gasteiger partial charge on any atom is 0.225 e. The van der Waals surface area contributed by atoms with Crippen molar-refractivity contribution >= 4 is 35.8 Å². The summed E-state index contributed by atoms with van der Waals surface area (Å²) in [7, 11) is 0. The summed E-state index contributed by atoms with van der Waals surface area (Å²) in [6.45, 7) is 15.5. The Morgan fingerprint density at radius 1 is 1.07 bits per heavy atom. The molecular weight excluding hydrogens is 493 g/mol. The standard InChI is InChI=1S/C22H41N5O2.HI/c1-4-23-22(24-16-20-6-5-9-27(20)17-18(2)3)26-10-7-19(8-11-26)21(28)25-12-14-29-15-13-25;/h18-20H,4-17H2,1-3H3,(H,23,24);1H/t20-;/m1./s1. The van der Waals surface area contributed by atoms with E-state index >= 15 is 0 Å². The molecule has 3 fully saturated rings. The molecule has 0 aromatic carbocycles. The molecule has 0 unspecified atom stereocenters. The number of aliphatic imine (C=N–C) groups is 1. The zero-order valence-corrected chi connectivity index (χ0v) is 21.5. The molecule has 0 aromatic heterocycles. The van der Waals surface area contributed by atoms with Crippen LogP contribution in [0.15, 0.2) is 4.99 Å². The number of piperidine rings is 1. The fourth-order valence-corrected chi connectivity index (χ4v) is 4.81. The van der Waals surface area contributed by atoms with Gasteiger partial charge in [0.15, 0.2) is 5.96 Å². The number of halogens is 1. The van der Waals surface area contributed by atoms with E-state index in [4.69, 9.17) is 9.73 Å². The van der Waals surface area contributed by atoms with Crippen LogP contribution in [0.25, 0.3) is 0 Å². The van der Waals surface area contributed by atoms with E-state index in [9.17, 15) is 4.79 Å². The smallest absolute Gasteiger partial charge is 0.225 e. The first kappa shape index (κ1) is 25.6. The largest absolute Gasteiger partial charge is 0.378 e. The third-order valence-corrected chi connectivity index (χ3v) is 6.35. The second kappa shape index (κ2) is 13.1. The normalized spacial score (nSPS) is 24.3. The van der Waals surface area contributed by atoms with Gasteiger partial charge in [-0.15, -0.1) is 24.0 Å². The lowest BCUT2D eigenvalue weighted by atomic mass is 9.95. The average molecular weight is 536 g/mol. The lowest BCUT2D eigenvalue weighted by molar-refractivity contribution is -0.140. The Balaban J connectivity index is 0.00000320. The van der Waals surface area contributed by atoms with E-state index < -0.39 is 0 Å². The minimum absolute atomic E-state index is 0. The molecule has 1 N–H and O–H groups in total. The SMILES string of the molecule is CCNC(=NC[C@H]1CCCN1CC(C)C)N1CCC(C(=O)N2CCOCC2)CC1.I. The van der Waals surface area contributed by atoms with Crippen LogP contribution >= 0.6 is 24.0 Å². The van der Waals surface area contributed by atoms with Crippen molar-refractivity contribution < 1.29 is 9.53 Å². The van der Waals surface area contributed by atoms with Gasteiger partial charge >= 0.3 is 0 Å². The molecule has 3 rings (SSSR count). The van der Waals surface area contributed by atoms with E-state index in [0.717, 1.165) is 58.1 Å². The Bertz CT molecular complexity index is 546. The van der Waals surface area contributed by atoms with Crippen LogP contribution in [0.5, 0.6) is 0 Å². The lowest BCUT2D eigenvalue weighted by Crippen LogP contribution is -2.50. The van der Waals surface area contributed by atoms with Gasteiger partial charge in [0.2, 0.25) is 5.91 Å². The van der Waals surface area contributed by atoms with E-state index in [-0.39, 0.29) is 29.9 Å². The van der Waals surface area contributed by atoms with E-state index in [1.807, 2.05) is 4.90 Å². The molecule has 0 aliphatic carbocycles. The van der Waals surface area contributed by atoms with Crippen LogP contribution in [0.4, 0.5) is 0 Å².